The van der Waals surface area contributed by atoms with E-state index in [0.717, 1.165) is 12.1 Å². The van der Waals surface area contributed by atoms with Crippen LogP contribution in [0.15, 0.2) is 29.2 Å². The van der Waals surface area contributed by atoms with E-state index in [-0.39, 0.29) is 0 Å². The van der Waals surface area contributed by atoms with Gasteiger partial charge in [0, 0.05) is 0 Å². The molecular formula is C12H13F2N3O2S. The van der Waals surface area contributed by atoms with Crippen LogP contribution in [0.2, 0.25) is 0 Å². The first-order valence-corrected chi connectivity index (χ1v) is 7.24. The molecule has 2 aromatic rings. The van der Waals surface area contributed by atoms with Crippen LogP contribution in [-0.2, 0) is 9.84 Å². The van der Waals surface area contributed by atoms with Gasteiger partial charge in [-0.1, -0.05) is 0 Å². The summed E-state index contributed by atoms with van der Waals surface area (Å²) in [6, 6.07) is 5.08. The van der Waals surface area contributed by atoms with Crippen molar-refractivity contribution in [3.63, 3.8) is 0 Å². The van der Waals surface area contributed by atoms with Crippen molar-refractivity contribution in [3.05, 3.63) is 35.7 Å². The number of sulfone groups is 1. The number of nitrogens with zero attached hydrogens (tertiary/aromatic N) is 2. The number of alkyl halides is 2. The molecule has 0 saturated carbocycles. The number of hydrogen-bond acceptors (Lipinski definition) is 4. The fourth-order valence-corrected chi connectivity index (χ4v) is 2.51. The summed E-state index contributed by atoms with van der Waals surface area (Å²) in [5.74, 6) is -3.43. The van der Waals surface area contributed by atoms with Gasteiger partial charge in [0.25, 0.3) is 0 Å². The summed E-state index contributed by atoms with van der Waals surface area (Å²) < 4.78 is 49.0. The van der Waals surface area contributed by atoms with E-state index in [1.807, 2.05) is 0 Å². The monoisotopic (exact) mass is 301 g/mol. The summed E-state index contributed by atoms with van der Waals surface area (Å²) in [4.78, 5) is -0.425. The van der Waals surface area contributed by atoms with Crippen molar-refractivity contribution < 1.29 is 17.2 Å². The normalized spacial score (nSPS) is 12.1. The van der Waals surface area contributed by atoms with Gasteiger partial charge in [0.05, 0.1) is 27.7 Å². The maximum Gasteiger partial charge on any atom is 0.341 e. The highest BCUT2D eigenvalue weighted by molar-refractivity contribution is 7.91. The lowest BCUT2D eigenvalue weighted by Gasteiger charge is -2.07. The van der Waals surface area contributed by atoms with Crippen molar-refractivity contribution >= 4 is 15.5 Å². The molecular weight excluding hydrogens is 288 g/mol. The maximum absolute atomic E-state index is 12.4. The van der Waals surface area contributed by atoms with Crippen LogP contribution in [0.1, 0.15) is 11.4 Å². The van der Waals surface area contributed by atoms with Gasteiger partial charge in [-0.2, -0.15) is 13.9 Å². The van der Waals surface area contributed by atoms with E-state index in [4.69, 9.17) is 5.73 Å². The Morgan fingerprint density at radius 1 is 1.20 bits per heavy atom. The first kappa shape index (κ1) is 14.4. The standard InChI is InChI=1S/C12H13F2N3O2S/c1-7-11(15)8(2)17(16-7)9-3-5-10(6-4-9)20(18,19)12(13)14/h3-6,12H,15H2,1-2H3. The highest BCUT2D eigenvalue weighted by Crippen LogP contribution is 2.22. The summed E-state index contributed by atoms with van der Waals surface area (Å²) in [5, 5.41) is 4.20. The Bertz CT molecular complexity index is 737. The molecule has 0 saturated heterocycles. The Hall–Kier alpha value is -1.96. The largest absolute Gasteiger partial charge is 0.396 e. The van der Waals surface area contributed by atoms with Gasteiger partial charge in [0.1, 0.15) is 0 Å². The van der Waals surface area contributed by atoms with Gasteiger partial charge in [-0.15, -0.1) is 0 Å². The minimum absolute atomic E-state index is 0.425. The molecule has 0 bridgehead atoms. The van der Waals surface area contributed by atoms with E-state index in [1.54, 1.807) is 13.8 Å². The average molecular weight is 301 g/mol. The van der Waals surface area contributed by atoms with Gasteiger partial charge in [-0.25, -0.2) is 13.1 Å². The number of halogens is 2. The number of hydrogen-bond donors (Lipinski definition) is 1. The molecule has 0 aliphatic carbocycles. The molecule has 5 nitrogen and oxygen atoms in total. The van der Waals surface area contributed by atoms with E-state index in [0.29, 0.717) is 22.8 Å². The van der Waals surface area contributed by atoms with Crippen molar-refractivity contribution in [1.82, 2.24) is 9.78 Å². The number of nitrogens with two attached hydrogens (primary N) is 1. The Labute approximate surface area is 114 Å². The van der Waals surface area contributed by atoms with Crippen molar-refractivity contribution in [2.24, 2.45) is 0 Å². The van der Waals surface area contributed by atoms with E-state index < -0.39 is 20.5 Å². The number of anilines is 1. The molecule has 0 atom stereocenters. The molecule has 2 N–H and O–H groups in total. The quantitative estimate of drug-likeness (QED) is 0.941. The fourth-order valence-electron chi connectivity index (χ4n) is 1.79. The molecule has 0 aliphatic heterocycles. The van der Waals surface area contributed by atoms with Crippen molar-refractivity contribution in [1.29, 1.82) is 0 Å². The molecule has 0 spiro atoms. The van der Waals surface area contributed by atoms with Gasteiger partial charge < -0.3 is 5.73 Å². The molecule has 1 heterocycles. The third-order valence-electron chi connectivity index (χ3n) is 2.99. The Morgan fingerprint density at radius 3 is 2.15 bits per heavy atom. The molecule has 0 fully saturated rings. The molecule has 2 rings (SSSR count). The smallest absolute Gasteiger partial charge is 0.341 e. The number of aromatic nitrogens is 2. The number of nitrogen functional groups attached to an aromatic ring is 1. The van der Waals surface area contributed by atoms with Gasteiger partial charge in [0.2, 0.25) is 9.84 Å². The van der Waals surface area contributed by atoms with Crippen LogP contribution in [-0.4, -0.2) is 24.0 Å². The van der Waals surface area contributed by atoms with Crippen LogP contribution >= 0.6 is 0 Å². The minimum atomic E-state index is -4.58. The van der Waals surface area contributed by atoms with Gasteiger partial charge in [-0.3, -0.25) is 0 Å². The van der Waals surface area contributed by atoms with E-state index in [2.05, 4.69) is 5.10 Å². The third-order valence-corrected chi connectivity index (χ3v) is 4.39. The summed E-state index contributed by atoms with van der Waals surface area (Å²) in [6.07, 6.45) is 0. The zero-order valence-electron chi connectivity index (χ0n) is 10.8. The maximum atomic E-state index is 12.4. The van der Waals surface area contributed by atoms with Crippen LogP contribution in [0, 0.1) is 13.8 Å². The highest BCUT2D eigenvalue weighted by atomic mass is 32.2. The Kier molecular flexibility index (Phi) is 3.51. The first-order chi connectivity index (χ1) is 9.25. The average Bonchev–Trinajstić information content (AvgIpc) is 2.66. The predicted molar refractivity (Wildman–Crippen MR) is 70.6 cm³/mol. The van der Waals surface area contributed by atoms with Crippen LogP contribution in [0.4, 0.5) is 14.5 Å². The van der Waals surface area contributed by atoms with Gasteiger partial charge in [-0.05, 0) is 38.1 Å². The molecule has 0 amide bonds. The second kappa shape index (κ2) is 4.86. The zero-order chi connectivity index (χ0) is 15.1. The lowest BCUT2D eigenvalue weighted by molar-refractivity contribution is 0.234. The van der Waals surface area contributed by atoms with Crippen LogP contribution in [0.25, 0.3) is 5.69 Å². The lowest BCUT2D eigenvalue weighted by Crippen LogP contribution is -2.11. The molecule has 1 aromatic carbocycles. The van der Waals surface area contributed by atoms with Crippen molar-refractivity contribution in [3.8, 4) is 5.69 Å². The van der Waals surface area contributed by atoms with E-state index in [9.17, 15) is 17.2 Å². The molecule has 1 aromatic heterocycles. The molecule has 108 valence electrons. The third kappa shape index (κ3) is 2.26. The molecule has 0 aliphatic rings. The second-order valence-corrected chi connectivity index (χ2v) is 6.21. The van der Waals surface area contributed by atoms with Crippen molar-refractivity contribution in [2.45, 2.75) is 24.5 Å². The Balaban J connectivity index is 2.46. The van der Waals surface area contributed by atoms with Crippen LogP contribution < -0.4 is 5.73 Å². The molecule has 20 heavy (non-hydrogen) atoms. The topological polar surface area (TPSA) is 78.0 Å². The predicted octanol–water partition coefficient (Wildman–Crippen LogP) is 2.07. The lowest BCUT2D eigenvalue weighted by atomic mass is 10.3. The van der Waals surface area contributed by atoms with Crippen LogP contribution in [0.3, 0.4) is 0 Å². The summed E-state index contributed by atoms with van der Waals surface area (Å²) in [5.41, 5.74) is 8.23. The van der Waals surface area contributed by atoms with E-state index >= 15 is 0 Å². The molecule has 0 radical (unpaired) electrons. The number of aryl methyl sites for hydroxylation is 1. The summed E-state index contributed by atoms with van der Waals surface area (Å²) >= 11 is 0. The van der Waals surface area contributed by atoms with Gasteiger partial charge in [0.15, 0.2) is 0 Å². The van der Waals surface area contributed by atoms with E-state index in [1.165, 1.54) is 16.8 Å². The van der Waals surface area contributed by atoms with Crippen LogP contribution in [0.5, 0.6) is 0 Å². The summed E-state index contributed by atoms with van der Waals surface area (Å²) in [7, 11) is -4.58. The van der Waals surface area contributed by atoms with Crippen molar-refractivity contribution in [2.75, 3.05) is 5.73 Å². The SMILES string of the molecule is Cc1nn(-c2ccc(S(=O)(=O)C(F)F)cc2)c(C)c1N. The number of rotatable bonds is 3. The second-order valence-electron chi connectivity index (χ2n) is 4.30. The highest BCUT2D eigenvalue weighted by Gasteiger charge is 2.26. The number of benzene rings is 1. The first-order valence-electron chi connectivity index (χ1n) is 5.69. The Morgan fingerprint density at radius 2 is 1.75 bits per heavy atom. The zero-order valence-corrected chi connectivity index (χ0v) is 11.7. The molecule has 0 unspecified atom stereocenters. The fraction of sp³-hybridized carbons (Fsp3) is 0.250. The molecule has 8 heteroatoms. The summed E-state index contributed by atoms with van der Waals surface area (Å²) in [6.45, 7) is 3.51. The minimum Gasteiger partial charge on any atom is -0.396 e. The van der Waals surface area contributed by atoms with Gasteiger partial charge >= 0.3 is 5.76 Å².